The van der Waals surface area contributed by atoms with Crippen LogP contribution in [0.5, 0.6) is 0 Å². The number of H-pyrrole nitrogens is 1. The maximum atomic E-state index is 12.4. The van der Waals surface area contributed by atoms with Crippen LogP contribution in [0.2, 0.25) is 5.02 Å². The molecule has 4 heterocycles. The zero-order valence-corrected chi connectivity index (χ0v) is 24.7. The molecule has 2 aliphatic heterocycles. The molecule has 2 saturated heterocycles. The summed E-state index contributed by atoms with van der Waals surface area (Å²) in [7, 11) is -3.32. The zero-order chi connectivity index (χ0) is 28.3. The van der Waals surface area contributed by atoms with E-state index in [1.807, 2.05) is 31.7 Å². The van der Waals surface area contributed by atoms with Gasteiger partial charge in [-0.25, -0.2) is 8.42 Å². The second-order valence-corrected chi connectivity index (χ2v) is 13.6. The molecule has 210 valence electrons. The molecule has 1 amide bonds. The lowest BCUT2D eigenvalue weighted by Crippen LogP contribution is -2.60. The number of amides is 1. The van der Waals surface area contributed by atoms with Crippen LogP contribution in [-0.4, -0.2) is 88.0 Å². The number of likely N-dealkylation sites (tertiary alicyclic amines) is 1. The fourth-order valence-electron chi connectivity index (χ4n) is 6.03. The summed E-state index contributed by atoms with van der Waals surface area (Å²) in [5.74, 6) is 0.733. The molecule has 10 nitrogen and oxygen atoms in total. The van der Waals surface area contributed by atoms with E-state index in [1.165, 1.54) is 16.6 Å². The number of nitrogens with one attached hydrogen (secondary N) is 1. The Kier molecular flexibility index (Phi) is 7.05. The Hall–Kier alpha value is -2.89. The number of sulfonamides is 1. The van der Waals surface area contributed by atoms with Crippen molar-refractivity contribution in [3.63, 3.8) is 0 Å². The van der Waals surface area contributed by atoms with Crippen molar-refractivity contribution in [2.45, 2.75) is 52.1 Å². The number of anilines is 1. The van der Waals surface area contributed by atoms with Crippen molar-refractivity contribution in [2.24, 2.45) is 0 Å². The average molecular weight is 574 g/mol. The third-order valence-corrected chi connectivity index (χ3v) is 9.87. The van der Waals surface area contributed by atoms with Gasteiger partial charge in [0.15, 0.2) is 5.82 Å². The van der Waals surface area contributed by atoms with Crippen molar-refractivity contribution < 1.29 is 13.2 Å². The third-order valence-electron chi connectivity index (χ3n) is 8.13. The molecule has 1 N–H and O–H groups in total. The van der Waals surface area contributed by atoms with Crippen LogP contribution in [0.3, 0.4) is 0 Å². The molecular weight excluding hydrogens is 538 g/mol. The number of halogens is 1. The third kappa shape index (κ3) is 4.85. The van der Waals surface area contributed by atoms with Gasteiger partial charge >= 0.3 is 0 Å². The smallest absolute Gasteiger partial charge is 0.245 e. The van der Waals surface area contributed by atoms with E-state index in [1.54, 1.807) is 6.20 Å². The average Bonchev–Trinajstić information content (AvgIpc) is 3.47. The molecule has 0 radical (unpaired) electrons. The number of nitrogens with zero attached hydrogens (tertiary/aromatic N) is 6. The molecule has 39 heavy (non-hydrogen) atoms. The van der Waals surface area contributed by atoms with Gasteiger partial charge in [0, 0.05) is 60.5 Å². The molecule has 0 spiro atoms. The molecule has 0 atom stereocenters. The Labute approximate surface area is 234 Å². The molecule has 0 bridgehead atoms. The Morgan fingerprint density at radius 1 is 1.18 bits per heavy atom. The number of fused-ring (bicyclic) bond motifs is 1. The highest BCUT2D eigenvalue weighted by molar-refractivity contribution is 7.88. The monoisotopic (exact) mass is 573 g/mol. The van der Waals surface area contributed by atoms with Gasteiger partial charge in [-0.3, -0.25) is 14.6 Å². The highest BCUT2D eigenvalue weighted by Crippen LogP contribution is 2.46. The number of aromatic amines is 1. The number of hydrogen-bond acceptors (Lipinski definition) is 6. The minimum atomic E-state index is -3.32. The first-order chi connectivity index (χ1) is 18.3. The van der Waals surface area contributed by atoms with E-state index in [4.69, 9.17) is 16.7 Å². The predicted octanol–water partition coefficient (Wildman–Crippen LogP) is 3.91. The van der Waals surface area contributed by atoms with Crippen LogP contribution in [0, 0.1) is 13.8 Å². The number of piperidine rings is 1. The maximum absolute atomic E-state index is 12.4. The van der Waals surface area contributed by atoms with Crippen LogP contribution < -0.4 is 4.90 Å². The van der Waals surface area contributed by atoms with E-state index in [2.05, 4.69) is 33.3 Å². The summed E-state index contributed by atoms with van der Waals surface area (Å²) in [5.41, 5.74) is 4.09. The molecule has 3 aromatic rings. The number of carbonyl (C=O) groups excluding carboxylic acids is 1. The lowest BCUT2D eigenvalue weighted by Gasteiger charge is -2.47. The number of aromatic nitrogens is 4. The van der Waals surface area contributed by atoms with Gasteiger partial charge in [0.2, 0.25) is 15.9 Å². The predicted molar refractivity (Wildman–Crippen MR) is 155 cm³/mol. The molecule has 2 aliphatic rings. The number of benzene rings is 1. The van der Waals surface area contributed by atoms with Crippen LogP contribution in [0.15, 0.2) is 24.9 Å². The van der Waals surface area contributed by atoms with Crippen molar-refractivity contribution in [1.82, 2.24) is 29.2 Å². The van der Waals surface area contributed by atoms with Gasteiger partial charge in [0.1, 0.15) is 0 Å². The lowest BCUT2D eigenvalue weighted by molar-refractivity contribution is -0.127. The minimum Gasteiger partial charge on any atom is -0.347 e. The largest absolute Gasteiger partial charge is 0.347 e. The van der Waals surface area contributed by atoms with Crippen LogP contribution in [0.25, 0.3) is 22.0 Å². The van der Waals surface area contributed by atoms with Gasteiger partial charge in [-0.1, -0.05) is 18.2 Å². The molecule has 2 fully saturated rings. The first-order valence-corrected chi connectivity index (χ1v) is 15.4. The van der Waals surface area contributed by atoms with Crippen LogP contribution in [-0.2, 0) is 14.8 Å². The highest BCUT2D eigenvalue weighted by Gasteiger charge is 2.41. The van der Waals surface area contributed by atoms with Crippen LogP contribution in [0.1, 0.15) is 44.0 Å². The normalized spacial score (nSPS) is 19.1. The van der Waals surface area contributed by atoms with Gasteiger partial charge in [0.05, 0.1) is 29.0 Å². The number of hydrogen-bond donors (Lipinski definition) is 1. The standard InChI is InChI=1S/C27H36ClN7O3S/c1-7-22(36)32-10-8-19(9-11-32)35-18(3)23(24-20-15-29-30-21(20)14-17(2)25(24)28)26(31-35)34-13-12-33(39(6,37)38)16-27(34,4)5/h7,14-15,19H,1,8-13,16H2,2-6H3,(H,29,30). The fraction of sp³-hybridized carbons (Fsp3) is 0.519. The van der Waals surface area contributed by atoms with Crippen LogP contribution in [0.4, 0.5) is 5.82 Å². The molecular formula is C27H36ClN7O3S. The van der Waals surface area contributed by atoms with E-state index < -0.39 is 15.6 Å². The van der Waals surface area contributed by atoms with E-state index in [9.17, 15) is 13.2 Å². The van der Waals surface area contributed by atoms with Gasteiger partial charge < -0.3 is 9.80 Å². The number of rotatable bonds is 5. The van der Waals surface area contributed by atoms with E-state index >= 15 is 0 Å². The van der Waals surface area contributed by atoms with Crippen LogP contribution >= 0.6 is 11.6 Å². The second kappa shape index (κ2) is 9.94. The molecule has 2 aromatic heterocycles. The molecule has 0 aliphatic carbocycles. The van der Waals surface area contributed by atoms with Gasteiger partial charge in [0.25, 0.3) is 0 Å². The Morgan fingerprint density at radius 3 is 2.49 bits per heavy atom. The van der Waals surface area contributed by atoms with Crippen molar-refractivity contribution in [1.29, 1.82) is 0 Å². The van der Waals surface area contributed by atoms with Crippen molar-refractivity contribution in [3.05, 3.63) is 41.2 Å². The SMILES string of the molecule is C=CC(=O)N1CCC(n2nc(N3CCN(S(C)(=O)=O)CC3(C)C)c(-c3c(Cl)c(C)cc4[nH]ncc34)c2C)CC1. The maximum Gasteiger partial charge on any atom is 0.245 e. The number of piperazine rings is 1. The Bertz CT molecular complexity index is 1550. The second-order valence-electron chi connectivity index (χ2n) is 11.3. The summed E-state index contributed by atoms with van der Waals surface area (Å²) in [6.07, 6.45) is 5.96. The number of aryl methyl sites for hydroxylation is 1. The summed E-state index contributed by atoms with van der Waals surface area (Å²) in [6.45, 7) is 14.2. The van der Waals surface area contributed by atoms with E-state index in [0.717, 1.165) is 51.9 Å². The Balaban J connectivity index is 1.65. The summed E-state index contributed by atoms with van der Waals surface area (Å²) < 4.78 is 28.4. The van der Waals surface area contributed by atoms with E-state index in [0.29, 0.717) is 37.7 Å². The van der Waals surface area contributed by atoms with Crippen molar-refractivity contribution in [2.75, 3.05) is 43.9 Å². The van der Waals surface area contributed by atoms with Gasteiger partial charge in [-0.2, -0.15) is 14.5 Å². The fourth-order valence-corrected chi connectivity index (χ4v) is 7.25. The zero-order valence-electron chi connectivity index (χ0n) is 23.2. The topological polar surface area (TPSA) is 107 Å². The summed E-state index contributed by atoms with van der Waals surface area (Å²) in [4.78, 5) is 16.2. The molecule has 12 heteroatoms. The minimum absolute atomic E-state index is 0.0496. The van der Waals surface area contributed by atoms with E-state index in [-0.39, 0.29) is 11.9 Å². The summed E-state index contributed by atoms with van der Waals surface area (Å²) >= 11 is 7.03. The molecule has 0 saturated carbocycles. The van der Waals surface area contributed by atoms with Gasteiger partial charge in [-0.05, 0) is 58.2 Å². The van der Waals surface area contributed by atoms with Crippen molar-refractivity contribution >= 4 is 44.3 Å². The summed E-state index contributed by atoms with van der Waals surface area (Å²) in [5, 5.41) is 14.2. The quantitative estimate of drug-likeness (QED) is 0.464. The first-order valence-electron chi connectivity index (χ1n) is 13.2. The summed E-state index contributed by atoms with van der Waals surface area (Å²) in [6, 6.07) is 2.10. The van der Waals surface area contributed by atoms with Crippen molar-refractivity contribution in [3.8, 4) is 11.1 Å². The highest BCUT2D eigenvalue weighted by atomic mass is 35.5. The Morgan fingerprint density at radius 2 is 1.87 bits per heavy atom. The molecule has 0 unspecified atom stereocenters. The lowest BCUT2D eigenvalue weighted by atomic mass is 9.95. The molecule has 5 rings (SSSR count). The number of carbonyl (C=O) groups is 1. The molecule has 1 aromatic carbocycles. The first kappa shape index (κ1) is 27.7. The van der Waals surface area contributed by atoms with Gasteiger partial charge in [-0.15, -0.1) is 0 Å².